The van der Waals surface area contributed by atoms with E-state index in [0.717, 1.165) is 21.6 Å². The van der Waals surface area contributed by atoms with Gasteiger partial charge in [-0.2, -0.15) is 5.10 Å². The number of halogens is 1. The number of carbonyl (C=O) groups is 1. The quantitative estimate of drug-likeness (QED) is 0.848. The summed E-state index contributed by atoms with van der Waals surface area (Å²) in [6.07, 6.45) is 4.22. The van der Waals surface area contributed by atoms with E-state index in [2.05, 4.69) is 36.1 Å². The van der Waals surface area contributed by atoms with Crippen LogP contribution in [0.1, 0.15) is 53.4 Å². The largest absolute Gasteiger partial charge is 0.369 e. The molecule has 2 atom stereocenters. The van der Waals surface area contributed by atoms with Gasteiger partial charge >= 0.3 is 0 Å². The van der Waals surface area contributed by atoms with Crippen LogP contribution in [-0.2, 0) is 11.2 Å². The zero-order valence-corrected chi connectivity index (χ0v) is 15.1. The van der Waals surface area contributed by atoms with Crippen LogP contribution in [-0.4, -0.2) is 50.2 Å². The number of hydrogen-bond acceptors (Lipinski definition) is 5. The van der Waals surface area contributed by atoms with E-state index in [1.807, 2.05) is 13.8 Å². The first-order valence-corrected chi connectivity index (χ1v) is 8.81. The van der Waals surface area contributed by atoms with Crippen molar-refractivity contribution in [2.45, 2.75) is 38.4 Å². The lowest BCUT2D eigenvalue weighted by molar-refractivity contribution is -0.00706. The highest BCUT2D eigenvalue weighted by Crippen LogP contribution is 2.32. The maximum Gasteiger partial charge on any atom is 0.274 e. The van der Waals surface area contributed by atoms with Gasteiger partial charge in [-0.1, -0.05) is 0 Å². The number of amides is 1. The first-order chi connectivity index (χ1) is 11.5. The minimum Gasteiger partial charge on any atom is -0.369 e. The second kappa shape index (κ2) is 5.93. The van der Waals surface area contributed by atoms with E-state index >= 15 is 0 Å². The lowest BCUT2D eigenvalue weighted by Gasteiger charge is -2.38. The molecule has 0 spiro atoms. The van der Waals surface area contributed by atoms with Crippen molar-refractivity contribution in [1.82, 2.24) is 25.1 Å². The predicted molar refractivity (Wildman–Crippen MR) is 89.6 cm³/mol. The van der Waals surface area contributed by atoms with E-state index in [9.17, 15) is 4.79 Å². The van der Waals surface area contributed by atoms with Gasteiger partial charge in [0.2, 0.25) is 0 Å². The topological polar surface area (TPSA) is 84.0 Å². The van der Waals surface area contributed by atoms with E-state index < -0.39 is 0 Å². The molecule has 0 bridgehead atoms. The summed E-state index contributed by atoms with van der Waals surface area (Å²) in [6, 6.07) is 0. The van der Waals surface area contributed by atoms with Gasteiger partial charge in [-0.3, -0.25) is 9.89 Å². The van der Waals surface area contributed by atoms with Crippen molar-refractivity contribution in [1.29, 1.82) is 0 Å². The second-order valence-corrected chi connectivity index (χ2v) is 7.34. The molecule has 0 saturated carbocycles. The maximum absolute atomic E-state index is 12.8. The Morgan fingerprint density at radius 1 is 1.33 bits per heavy atom. The smallest absolute Gasteiger partial charge is 0.274 e. The van der Waals surface area contributed by atoms with E-state index in [4.69, 9.17) is 4.74 Å². The molecule has 0 unspecified atom stereocenters. The molecular weight excluding hydrogens is 374 g/mol. The van der Waals surface area contributed by atoms with Crippen molar-refractivity contribution in [3.63, 3.8) is 0 Å². The Morgan fingerprint density at radius 2 is 2.04 bits per heavy atom. The fourth-order valence-corrected chi connectivity index (χ4v) is 3.55. The molecule has 1 N–H and O–H groups in total. The molecule has 7 nitrogen and oxygen atoms in total. The molecule has 4 heterocycles. The molecule has 2 aromatic rings. The molecule has 8 heteroatoms. The number of rotatable bonds is 2. The fourth-order valence-electron chi connectivity index (χ4n) is 3.34. The van der Waals surface area contributed by atoms with Gasteiger partial charge in [0, 0.05) is 37.5 Å². The highest BCUT2D eigenvalue weighted by molar-refractivity contribution is 9.10. The summed E-state index contributed by atoms with van der Waals surface area (Å²) in [7, 11) is 0. The Balaban J connectivity index is 1.48. The number of nitrogens with zero attached hydrogens (tertiary/aromatic N) is 4. The molecule has 1 amide bonds. The number of fused-ring (bicyclic) bond motifs is 1. The summed E-state index contributed by atoms with van der Waals surface area (Å²) in [4.78, 5) is 23.2. The molecule has 4 rings (SSSR count). The van der Waals surface area contributed by atoms with Gasteiger partial charge in [0.25, 0.3) is 5.91 Å². The van der Waals surface area contributed by atoms with Crippen LogP contribution in [0.4, 0.5) is 0 Å². The molecule has 2 aromatic heterocycles. The zero-order valence-electron chi connectivity index (χ0n) is 13.5. The predicted octanol–water partition coefficient (Wildman–Crippen LogP) is 2.22. The molecule has 126 valence electrons. The number of likely N-dealkylation sites (tertiary alicyclic amines) is 1. The van der Waals surface area contributed by atoms with Crippen LogP contribution in [0.5, 0.6) is 0 Å². The summed E-state index contributed by atoms with van der Waals surface area (Å²) < 4.78 is 6.63. The van der Waals surface area contributed by atoms with E-state index in [0.29, 0.717) is 25.2 Å². The molecule has 2 aliphatic heterocycles. The SMILES string of the molecule is C[C@@H]1Cc2c(C(=O)N3CC(c4ncc(Br)cn4)C3)n[nH]c2[C@H](C)O1. The number of carbonyl (C=O) groups excluding carboxylic acids is 1. The second-order valence-electron chi connectivity index (χ2n) is 6.42. The van der Waals surface area contributed by atoms with Crippen LogP contribution in [0.2, 0.25) is 0 Å². The van der Waals surface area contributed by atoms with Crippen LogP contribution in [0.25, 0.3) is 0 Å². The Morgan fingerprint density at radius 3 is 2.75 bits per heavy atom. The number of aromatic nitrogens is 4. The lowest BCUT2D eigenvalue weighted by Crippen LogP contribution is -2.49. The first-order valence-electron chi connectivity index (χ1n) is 8.02. The number of hydrogen-bond donors (Lipinski definition) is 1. The molecule has 0 aromatic carbocycles. The van der Waals surface area contributed by atoms with Crippen LogP contribution >= 0.6 is 15.9 Å². The molecule has 0 aliphatic carbocycles. The maximum atomic E-state index is 12.8. The Kier molecular flexibility index (Phi) is 3.88. The molecule has 2 aliphatic rings. The van der Waals surface area contributed by atoms with Gasteiger partial charge in [0.1, 0.15) is 5.82 Å². The summed E-state index contributed by atoms with van der Waals surface area (Å²) in [5.41, 5.74) is 2.45. The average molecular weight is 392 g/mol. The normalized spacial score (nSPS) is 23.7. The third kappa shape index (κ3) is 2.63. The number of H-pyrrole nitrogens is 1. The molecule has 1 saturated heterocycles. The Hall–Kier alpha value is -1.80. The highest BCUT2D eigenvalue weighted by atomic mass is 79.9. The average Bonchev–Trinajstić information content (AvgIpc) is 2.91. The molecular formula is C16H18BrN5O2. The van der Waals surface area contributed by atoms with Crippen molar-refractivity contribution in [3.05, 3.63) is 39.6 Å². The fraction of sp³-hybridized carbons (Fsp3) is 0.500. The summed E-state index contributed by atoms with van der Waals surface area (Å²) in [5, 5.41) is 7.24. The number of aromatic amines is 1. The van der Waals surface area contributed by atoms with Crippen LogP contribution < -0.4 is 0 Å². The van der Waals surface area contributed by atoms with E-state index in [-0.39, 0.29) is 24.0 Å². The standard InChI is InChI=1S/C16H18BrN5O2/c1-8-3-12-13(9(2)24-8)20-21-14(12)16(23)22-6-10(7-22)15-18-4-11(17)5-19-15/h4-5,8-10H,3,6-7H2,1-2H3,(H,20,21)/t8-,9+/m1/s1. The van der Waals surface area contributed by atoms with Crippen LogP contribution in [0.3, 0.4) is 0 Å². The van der Waals surface area contributed by atoms with Crippen molar-refractivity contribution in [2.75, 3.05) is 13.1 Å². The molecule has 24 heavy (non-hydrogen) atoms. The van der Waals surface area contributed by atoms with Gasteiger partial charge in [0.05, 0.1) is 28.3 Å². The summed E-state index contributed by atoms with van der Waals surface area (Å²) in [6.45, 7) is 5.25. The van der Waals surface area contributed by atoms with Gasteiger partial charge < -0.3 is 9.64 Å². The zero-order chi connectivity index (χ0) is 16.8. The summed E-state index contributed by atoms with van der Waals surface area (Å²) >= 11 is 3.33. The van der Waals surface area contributed by atoms with Crippen molar-refractivity contribution in [3.8, 4) is 0 Å². The van der Waals surface area contributed by atoms with E-state index in [1.54, 1.807) is 17.3 Å². The Bertz CT molecular complexity index is 769. The van der Waals surface area contributed by atoms with Gasteiger partial charge in [-0.25, -0.2) is 9.97 Å². The third-order valence-corrected chi connectivity index (χ3v) is 5.02. The van der Waals surface area contributed by atoms with Gasteiger partial charge in [-0.15, -0.1) is 0 Å². The molecule has 0 radical (unpaired) electrons. The lowest BCUT2D eigenvalue weighted by atomic mass is 9.96. The molecule has 1 fully saturated rings. The highest BCUT2D eigenvalue weighted by Gasteiger charge is 2.37. The monoisotopic (exact) mass is 391 g/mol. The minimum atomic E-state index is -0.0573. The Labute approximate surface area is 148 Å². The minimum absolute atomic E-state index is 0.0258. The van der Waals surface area contributed by atoms with Gasteiger partial charge in [0.15, 0.2) is 5.69 Å². The van der Waals surface area contributed by atoms with E-state index in [1.165, 1.54) is 0 Å². The van der Waals surface area contributed by atoms with Crippen LogP contribution in [0.15, 0.2) is 16.9 Å². The first kappa shape index (κ1) is 15.7. The van der Waals surface area contributed by atoms with Crippen LogP contribution in [0, 0.1) is 0 Å². The summed E-state index contributed by atoms with van der Waals surface area (Å²) in [5.74, 6) is 0.946. The van der Waals surface area contributed by atoms with Crippen molar-refractivity contribution in [2.24, 2.45) is 0 Å². The van der Waals surface area contributed by atoms with Crippen molar-refractivity contribution >= 4 is 21.8 Å². The van der Waals surface area contributed by atoms with Crippen molar-refractivity contribution < 1.29 is 9.53 Å². The van der Waals surface area contributed by atoms with Gasteiger partial charge in [-0.05, 0) is 29.8 Å². The third-order valence-electron chi connectivity index (χ3n) is 4.61. The number of ether oxygens (including phenoxy) is 1. The number of nitrogens with one attached hydrogen (secondary N) is 1.